The molecule has 0 aliphatic carbocycles. The Morgan fingerprint density at radius 3 is 2.79 bits per heavy atom. The number of hydrogen-bond acceptors (Lipinski definition) is 3. The van der Waals surface area contributed by atoms with Crippen LogP contribution in [0.25, 0.3) is 0 Å². The maximum Gasteiger partial charge on any atom is 0.328 e. The second-order valence-electron chi connectivity index (χ2n) is 4.10. The van der Waals surface area contributed by atoms with E-state index in [1.54, 1.807) is 50.8 Å². The number of ether oxygens (including phenoxy) is 1. The van der Waals surface area contributed by atoms with Gasteiger partial charge in [-0.05, 0) is 12.1 Å². The first kappa shape index (κ1) is 12.9. The van der Waals surface area contributed by atoms with Gasteiger partial charge in [0.15, 0.2) is 0 Å². The highest BCUT2D eigenvalue weighted by Crippen LogP contribution is 2.16. The molecule has 19 heavy (non-hydrogen) atoms. The summed E-state index contributed by atoms with van der Waals surface area (Å²) in [5, 5.41) is 2.71. The number of aryl methyl sites for hydroxylation is 1. The Bertz CT molecular complexity index is 643. The molecule has 0 fully saturated rings. The number of imidazole rings is 1. The fraction of sp³-hybridized carbons (Fsp3) is 0.231. The molecule has 0 saturated heterocycles. The summed E-state index contributed by atoms with van der Waals surface area (Å²) in [7, 11) is 3.20. The first-order valence-electron chi connectivity index (χ1n) is 5.76. The number of nitrogens with one attached hydrogen (secondary N) is 1. The molecule has 0 unspecified atom stereocenters. The molecule has 1 aromatic heterocycles. The molecule has 0 atom stereocenters. The predicted molar refractivity (Wildman–Crippen MR) is 71.3 cm³/mol. The summed E-state index contributed by atoms with van der Waals surface area (Å²) in [5.41, 5.74) is 0.411. The molecule has 0 aliphatic heterocycles. The smallest absolute Gasteiger partial charge is 0.328 e. The van der Waals surface area contributed by atoms with Crippen molar-refractivity contribution in [1.29, 1.82) is 0 Å². The molecule has 2 rings (SSSR count). The van der Waals surface area contributed by atoms with Crippen LogP contribution in [0, 0.1) is 0 Å². The zero-order chi connectivity index (χ0) is 13.8. The molecule has 6 heteroatoms. The number of benzene rings is 1. The van der Waals surface area contributed by atoms with Gasteiger partial charge in [0.05, 0.1) is 7.11 Å². The fourth-order valence-corrected chi connectivity index (χ4v) is 1.69. The number of amides is 1. The highest BCUT2D eigenvalue weighted by molar-refractivity contribution is 5.90. The van der Waals surface area contributed by atoms with Crippen molar-refractivity contribution in [3.63, 3.8) is 0 Å². The van der Waals surface area contributed by atoms with Crippen molar-refractivity contribution in [2.24, 2.45) is 7.05 Å². The highest BCUT2D eigenvalue weighted by atomic mass is 16.5. The van der Waals surface area contributed by atoms with Crippen molar-refractivity contribution in [2.45, 2.75) is 6.54 Å². The number of carbonyl (C=O) groups is 1. The third-order valence-electron chi connectivity index (χ3n) is 2.69. The molecule has 0 bridgehead atoms. The first-order chi connectivity index (χ1) is 9.10. The van der Waals surface area contributed by atoms with Crippen LogP contribution in [0.15, 0.2) is 41.5 Å². The molecule has 0 spiro atoms. The second-order valence-corrected chi connectivity index (χ2v) is 4.10. The van der Waals surface area contributed by atoms with E-state index in [1.807, 2.05) is 0 Å². The van der Waals surface area contributed by atoms with E-state index in [1.165, 1.54) is 9.13 Å². The minimum Gasteiger partial charge on any atom is -0.497 e. The van der Waals surface area contributed by atoms with Gasteiger partial charge in [-0.15, -0.1) is 0 Å². The molecule has 2 aromatic rings. The number of rotatable bonds is 4. The largest absolute Gasteiger partial charge is 0.497 e. The quantitative estimate of drug-likeness (QED) is 0.886. The van der Waals surface area contributed by atoms with Gasteiger partial charge in [0.1, 0.15) is 12.3 Å². The Hall–Kier alpha value is -2.50. The van der Waals surface area contributed by atoms with E-state index in [-0.39, 0.29) is 18.1 Å². The number of hydrogen-bond donors (Lipinski definition) is 1. The van der Waals surface area contributed by atoms with Crippen molar-refractivity contribution in [3.05, 3.63) is 47.1 Å². The normalized spacial score (nSPS) is 10.2. The van der Waals surface area contributed by atoms with Gasteiger partial charge in [0.25, 0.3) is 0 Å². The van der Waals surface area contributed by atoms with Crippen LogP contribution in [0.3, 0.4) is 0 Å². The Morgan fingerprint density at radius 1 is 1.37 bits per heavy atom. The van der Waals surface area contributed by atoms with E-state index in [9.17, 15) is 9.59 Å². The van der Waals surface area contributed by atoms with Gasteiger partial charge in [0, 0.05) is 31.2 Å². The number of carbonyl (C=O) groups excluding carboxylic acids is 1. The molecule has 1 N–H and O–H groups in total. The van der Waals surface area contributed by atoms with Gasteiger partial charge in [-0.1, -0.05) is 6.07 Å². The van der Waals surface area contributed by atoms with E-state index in [0.717, 1.165) is 0 Å². The van der Waals surface area contributed by atoms with Crippen LogP contribution < -0.4 is 15.7 Å². The number of nitrogens with zero attached hydrogens (tertiary/aromatic N) is 2. The van der Waals surface area contributed by atoms with Crippen LogP contribution in [0.2, 0.25) is 0 Å². The number of anilines is 1. The molecular weight excluding hydrogens is 246 g/mol. The van der Waals surface area contributed by atoms with Crippen molar-refractivity contribution in [3.8, 4) is 5.75 Å². The van der Waals surface area contributed by atoms with Gasteiger partial charge in [0.2, 0.25) is 5.91 Å². The summed E-state index contributed by atoms with van der Waals surface area (Å²) < 4.78 is 7.83. The summed E-state index contributed by atoms with van der Waals surface area (Å²) in [6.07, 6.45) is 3.19. The van der Waals surface area contributed by atoms with Crippen molar-refractivity contribution in [1.82, 2.24) is 9.13 Å². The third kappa shape index (κ3) is 3.04. The maximum absolute atomic E-state index is 11.8. The first-order valence-corrected chi connectivity index (χ1v) is 5.76. The Kier molecular flexibility index (Phi) is 3.70. The van der Waals surface area contributed by atoms with Gasteiger partial charge in [-0.25, -0.2) is 4.79 Å². The van der Waals surface area contributed by atoms with Crippen LogP contribution in [0.5, 0.6) is 5.75 Å². The zero-order valence-electron chi connectivity index (χ0n) is 10.8. The standard InChI is InChI=1S/C13H15N3O3/c1-15-6-7-16(13(15)18)9-12(17)14-10-4-3-5-11(8-10)19-2/h3-8H,9H2,1-2H3,(H,14,17). The minimum absolute atomic E-state index is 0.0170. The molecule has 1 aromatic carbocycles. The van der Waals surface area contributed by atoms with Gasteiger partial charge < -0.3 is 14.6 Å². The molecule has 1 heterocycles. The van der Waals surface area contributed by atoms with E-state index in [4.69, 9.17) is 4.74 Å². The Labute approximate surface area is 110 Å². The number of methoxy groups -OCH3 is 1. The molecule has 6 nitrogen and oxygen atoms in total. The van der Waals surface area contributed by atoms with Crippen LogP contribution in [-0.2, 0) is 18.4 Å². The second kappa shape index (κ2) is 5.43. The summed E-state index contributed by atoms with van der Waals surface area (Å²) in [6, 6.07) is 7.04. The molecular formula is C13H15N3O3. The minimum atomic E-state index is -0.262. The van der Waals surface area contributed by atoms with E-state index in [2.05, 4.69) is 5.32 Å². The van der Waals surface area contributed by atoms with Crippen molar-refractivity contribution >= 4 is 11.6 Å². The van der Waals surface area contributed by atoms with Crippen LogP contribution >= 0.6 is 0 Å². The van der Waals surface area contributed by atoms with Crippen molar-refractivity contribution in [2.75, 3.05) is 12.4 Å². The lowest BCUT2D eigenvalue weighted by Crippen LogP contribution is -2.28. The van der Waals surface area contributed by atoms with Crippen LogP contribution in [-0.4, -0.2) is 22.2 Å². The summed E-state index contributed by atoms with van der Waals surface area (Å²) >= 11 is 0. The van der Waals surface area contributed by atoms with E-state index >= 15 is 0 Å². The topological polar surface area (TPSA) is 65.3 Å². The fourth-order valence-electron chi connectivity index (χ4n) is 1.69. The molecule has 0 aliphatic rings. The lowest BCUT2D eigenvalue weighted by atomic mass is 10.3. The SMILES string of the molecule is COc1cccc(NC(=O)Cn2ccn(C)c2=O)c1. The van der Waals surface area contributed by atoms with Crippen LogP contribution in [0.1, 0.15) is 0 Å². The average Bonchev–Trinajstić information content (AvgIpc) is 2.71. The Balaban J connectivity index is 2.05. The lowest BCUT2D eigenvalue weighted by molar-refractivity contribution is -0.116. The average molecular weight is 261 g/mol. The summed E-state index contributed by atoms with van der Waals surface area (Å²) in [6.45, 7) is -0.0170. The molecule has 100 valence electrons. The number of aromatic nitrogens is 2. The predicted octanol–water partition coefficient (Wildman–Crippen LogP) is 0.834. The maximum atomic E-state index is 11.8. The van der Waals surface area contributed by atoms with Gasteiger partial charge in [-0.2, -0.15) is 0 Å². The zero-order valence-corrected chi connectivity index (χ0v) is 10.8. The van der Waals surface area contributed by atoms with Gasteiger partial charge in [-0.3, -0.25) is 9.36 Å². The van der Waals surface area contributed by atoms with Gasteiger partial charge >= 0.3 is 5.69 Å². The summed E-state index contributed by atoms with van der Waals surface area (Å²) in [5.74, 6) is 0.399. The molecule has 0 radical (unpaired) electrons. The van der Waals surface area contributed by atoms with Crippen LogP contribution in [0.4, 0.5) is 5.69 Å². The molecule has 0 saturated carbocycles. The summed E-state index contributed by atoms with van der Waals surface area (Å²) in [4.78, 5) is 23.4. The third-order valence-corrected chi connectivity index (χ3v) is 2.69. The highest BCUT2D eigenvalue weighted by Gasteiger charge is 2.07. The lowest BCUT2D eigenvalue weighted by Gasteiger charge is -2.07. The van der Waals surface area contributed by atoms with E-state index < -0.39 is 0 Å². The Morgan fingerprint density at radius 2 is 2.16 bits per heavy atom. The molecule has 1 amide bonds. The monoisotopic (exact) mass is 261 g/mol. The van der Waals surface area contributed by atoms with E-state index in [0.29, 0.717) is 11.4 Å². The van der Waals surface area contributed by atoms with Crippen molar-refractivity contribution < 1.29 is 9.53 Å².